The molecule has 0 aliphatic carbocycles. The Bertz CT molecular complexity index is 60.8. The van der Waals surface area contributed by atoms with Crippen LogP contribution in [0.4, 0.5) is 17.6 Å². The van der Waals surface area contributed by atoms with Gasteiger partial charge in [-0.3, -0.25) is 0 Å². The summed E-state index contributed by atoms with van der Waals surface area (Å²) in [4.78, 5) is 0. The minimum atomic E-state index is -3.45. The third-order valence-corrected chi connectivity index (χ3v) is 0.503. The van der Waals surface area contributed by atoms with E-state index in [4.69, 9.17) is 5.11 Å². The molecule has 0 aromatic rings. The molecule has 52 valence electrons. The van der Waals surface area contributed by atoms with Gasteiger partial charge in [0.25, 0.3) is 6.43 Å². The molecule has 6 heteroatoms. The maximum atomic E-state index is 11.3. The van der Waals surface area contributed by atoms with E-state index in [1.165, 1.54) is 0 Å². The van der Waals surface area contributed by atoms with E-state index in [0.717, 1.165) is 0 Å². The van der Waals surface area contributed by atoms with Gasteiger partial charge in [-0.15, -0.1) is 0 Å². The van der Waals surface area contributed by atoms with E-state index < -0.39 is 19.0 Å². The molecule has 0 fully saturated rings. The zero-order chi connectivity index (χ0) is 6.73. The van der Waals surface area contributed by atoms with E-state index in [0.29, 0.717) is 0 Å². The van der Waals surface area contributed by atoms with Gasteiger partial charge in [-0.1, -0.05) is 0 Å². The summed E-state index contributed by atoms with van der Waals surface area (Å²) in [5.41, 5.74) is 0. The minimum absolute atomic E-state index is 0. The molecule has 9 heavy (non-hydrogen) atoms. The van der Waals surface area contributed by atoms with Crippen LogP contribution in [0.25, 0.3) is 0 Å². The number of halogens is 4. The molecule has 1 nitrogen and oxygen atoms in total. The van der Waals surface area contributed by atoms with Crippen molar-refractivity contribution in [2.45, 2.75) is 19.0 Å². The van der Waals surface area contributed by atoms with Crippen molar-refractivity contribution in [3.05, 3.63) is 0 Å². The Morgan fingerprint density at radius 3 is 1.33 bits per heavy atom. The molecule has 0 radical (unpaired) electrons. The Labute approximate surface area is 71.3 Å². The first-order valence-corrected chi connectivity index (χ1v) is 1.80. The summed E-state index contributed by atoms with van der Waals surface area (Å²) in [6.07, 6.45) is -9.60. The van der Waals surface area contributed by atoms with Crippen LogP contribution in [0.2, 0.25) is 0 Å². The summed E-state index contributed by atoms with van der Waals surface area (Å²) >= 11 is 0. The predicted molar refractivity (Wildman–Crippen MR) is 25.2 cm³/mol. The molecular formula is C3H5F4NaO. The van der Waals surface area contributed by atoms with Crippen LogP contribution in [0.3, 0.4) is 0 Å². The zero-order valence-corrected chi connectivity index (χ0v) is 3.69. The second kappa shape index (κ2) is 5.46. The summed E-state index contributed by atoms with van der Waals surface area (Å²) in [6, 6.07) is 0. The third-order valence-electron chi connectivity index (χ3n) is 0.503. The molecule has 0 amide bonds. The van der Waals surface area contributed by atoms with E-state index in [1.54, 1.807) is 0 Å². The number of rotatable bonds is 2. The molecule has 0 aromatic carbocycles. The SMILES string of the molecule is OC(F)C(F)C(F)F.[NaH]. The first-order chi connectivity index (χ1) is 3.55. The molecule has 2 atom stereocenters. The van der Waals surface area contributed by atoms with Crippen LogP contribution in [0.15, 0.2) is 0 Å². The quantitative estimate of drug-likeness (QED) is 0.448. The first kappa shape index (κ1) is 12.4. The standard InChI is InChI=1S/C3H4F4O.Na.H/c4-1(2(5)6)3(7)8;;/h1-3,8H;;. The van der Waals surface area contributed by atoms with Crippen LogP contribution < -0.4 is 0 Å². The van der Waals surface area contributed by atoms with Crippen molar-refractivity contribution in [3.8, 4) is 0 Å². The van der Waals surface area contributed by atoms with Crippen LogP contribution in [-0.2, 0) is 0 Å². The zero-order valence-electron chi connectivity index (χ0n) is 3.69. The van der Waals surface area contributed by atoms with Gasteiger partial charge in [0.1, 0.15) is 0 Å². The van der Waals surface area contributed by atoms with Crippen LogP contribution in [0.1, 0.15) is 0 Å². The van der Waals surface area contributed by atoms with Crippen molar-refractivity contribution in [2.75, 3.05) is 0 Å². The molecule has 0 saturated heterocycles. The molecule has 0 aliphatic heterocycles. The van der Waals surface area contributed by atoms with Gasteiger partial charge in [0, 0.05) is 0 Å². The fourth-order valence-electron chi connectivity index (χ4n) is 0.120. The molecule has 0 rings (SSSR count). The summed E-state index contributed by atoms with van der Waals surface area (Å²) in [5.74, 6) is 0. The van der Waals surface area contributed by atoms with Gasteiger partial charge < -0.3 is 5.11 Å². The van der Waals surface area contributed by atoms with Crippen molar-refractivity contribution in [1.29, 1.82) is 0 Å². The molecule has 0 aliphatic rings. The number of hydrogen-bond acceptors (Lipinski definition) is 1. The van der Waals surface area contributed by atoms with Gasteiger partial charge in [-0.25, -0.2) is 17.6 Å². The molecule has 0 spiro atoms. The number of alkyl halides is 4. The summed E-state index contributed by atoms with van der Waals surface area (Å²) in [5, 5.41) is 7.47. The van der Waals surface area contributed by atoms with Crippen molar-refractivity contribution in [1.82, 2.24) is 0 Å². The Morgan fingerprint density at radius 1 is 1.00 bits per heavy atom. The van der Waals surface area contributed by atoms with Gasteiger partial charge in [-0.2, -0.15) is 0 Å². The Morgan fingerprint density at radius 2 is 1.33 bits per heavy atom. The van der Waals surface area contributed by atoms with E-state index in [2.05, 4.69) is 0 Å². The Hall–Kier alpha value is 0.680. The average molecular weight is 156 g/mol. The van der Waals surface area contributed by atoms with Gasteiger partial charge >= 0.3 is 29.6 Å². The predicted octanol–water partition coefficient (Wildman–Crippen LogP) is 0.229. The summed E-state index contributed by atoms with van der Waals surface area (Å²) in [6.45, 7) is 0. The second-order valence-electron chi connectivity index (χ2n) is 1.15. The van der Waals surface area contributed by atoms with Crippen LogP contribution >= 0.6 is 0 Å². The molecular weight excluding hydrogens is 151 g/mol. The fourth-order valence-corrected chi connectivity index (χ4v) is 0.120. The second-order valence-corrected chi connectivity index (χ2v) is 1.15. The summed E-state index contributed by atoms with van der Waals surface area (Å²) in [7, 11) is 0. The molecule has 0 heterocycles. The van der Waals surface area contributed by atoms with Gasteiger partial charge in [0.05, 0.1) is 0 Å². The van der Waals surface area contributed by atoms with Crippen molar-refractivity contribution in [2.24, 2.45) is 0 Å². The average Bonchev–Trinajstić information content (AvgIpc) is 1.64. The van der Waals surface area contributed by atoms with E-state index in [-0.39, 0.29) is 29.6 Å². The molecule has 0 saturated carbocycles. The Balaban J connectivity index is 0. The van der Waals surface area contributed by atoms with Crippen molar-refractivity contribution in [3.63, 3.8) is 0 Å². The van der Waals surface area contributed by atoms with E-state index in [9.17, 15) is 17.6 Å². The fraction of sp³-hybridized carbons (Fsp3) is 1.00. The van der Waals surface area contributed by atoms with Crippen molar-refractivity contribution >= 4 is 29.6 Å². The maximum absolute atomic E-state index is 11.3. The molecule has 2 unspecified atom stereocenters. The number of aliphatic hydroxyl groups excluding tert-OH is 1. The van der Waals surface area contributed by atoms with Crippen LogP contribution in [-0.4, -0.2) is 53.6 Å². The summed E-state index contributed by atoms with van der Waals surface area (Å²) < 4.78 is 44.1. The van der Waals surface area contributed by atoms with Crippen LogP contribution in [0, 0.1) is 0 Å². The molecule has 0 aromatic heterocycles. The third kappa shape index (κ3) is 5.14. The number of aliphatic hydroxyl groups is 1. The van der Waals surface area contributed by atoms with Gasteiger partial charge in [0.15, 0.2) is 0 Å². The number of hydrogen-bond donors (Lipinski definition) is 1. The molecule has 0 bridgehead atoms. The normalized spacial score (nSPS) is 16.7. The van der Waals surface area contributed by atoms with Gasteiger partial charge in [0.2, 0.25) is 12.5 Å². The Kier molecular flexibility index (Phi) is 7.51. The monoisotopic (exact) mass is 156 g/mol. The topological polar surface area (TPSA) is 20.2 Å². The first-order valence-electron chi connectivity index (χ1n) is 1.80. The van der Waals surface area contributed by atoms with E-state index >= 15 is 0 Å². The van der Waals surface area contributed by atoms with Crippen LogP contribution in [0.5, 0.6) is 0 Å². The van der Waals surface area contributed by atoms with E-state index in [1.807, 2.05) is 0 Å². The molecule has 1 N–H and O–H groups in total. The van der Waals surface area contributed by atoms with Gasteiger partial charge in [-0.05, 0) is 0 Å². The van der Waals surface area contributed by atoms with Crippen molar-refractivity contribution < 1.29 is 22.7 Å².